The van der Waals surface area contributed by atoms with Crippen LogP contribution in [0.2, 0.25) is 0 Å². The predicted octanol–water partition coefficient (Wildman–Crippen LogP) is 2.98. The molecule has 1 aromatic carbocycles. The fraction of sp³-hybridized carbons (Fsp3) is 0.231. The van der Waals surface area contributed by atoms with Gasteiger partial charge in [-0.15, -0.1) is 0 Å². The molecule has 0 spiro atoms. The fourth-order valence-electron chi connectivity index (χ4n) is 1.67. The molecular formula is C13H15FN4S. The van der Waals surface area contributed by atoms with Crippen LogP contribution in [0.5, 0.6) is 0 Å². The van der Waals surface area contributed by atoms with E-state index in [0.29, 0.717) is 11.3 Å². The zero-order chi connectivity index (χ0) is 14.0. The number of nitrogens with zero attached hydrogens (tertiary/aromatic N) is 2. The van der Waals surface area contributed by atoms with Gasteiger partial charge in [-0.25, -0.2) is 4.39 Å². The molecular weight excluding hydrogens is 263 g/mol. The highest BCUT2D eigenvalue weighted by molar-refractivity contribution is 7.80. The van der Waals surface area contributed by atoms with Crippen LogP contribution < -0.4 is 11.1 Å². The number of nitrogens with two attached hydrogens (primary N) is 1. The van der Waals surface area contributed by atoms with Crippen molar-refractivity contribution in [3.8, 4) is 0 Å². The molecule has 0 aliphatic carbocycles. The molecule has 0 fully saturated rings. The molecule has 0 aliphatic heterocycles. The molecule has 3 N–H and O–H groups in total. The quantitative estimate of drug-likeness (QED) is 0.844. The Balaban J connectivity index is 2.29. The van der Waals surface area contributed by atoms with Gasteiger partial charge >= 0.3 is 0 Å². The summed E-state index contributed by atoms with van der Waals surface area (Å²) >= 11 is 4.92. The first kappa shape index (κ1) is 13.5. The second-order valence-corrected chi connectivity index (χ2v) is 4.92. The van der Waals surface area contributed by atoms with Gasteiger partial charge in [0.05, 0.1) is 11.9 Å². The third-order valence-corrected chi connectivity index (χ3v) is 2.88. The van der Waals surface area contributed by atoms with Crippen molar-refractivity contribution in [3.05, 3.63) is 42.0 Å². The van der Waals surface area contributed by atoms with E-state index in [9.17, 15) is 4.39 Å². The Morgan fingerprint density at radius 3 is 2.79 bits per heavy atom. The summed E-state index contributed by atoms with van der Waals surface area (Å²) in [7, 11) is 0. The second-order valence-electron chi connectivity index (χ2n) is 4.48. The van der Waals surface area contributed by atoms with Crippen LogP contribution in [-0.4, -0.2) is 14.8 Å². The number of aromatic nitrogens is 2. The summed E-state index contributed by atoms with van der Waals surface area (Å²) in [5.41, 5.74) is 7.54. The Labute approximate surface area is 116 Å². The van der Waals surface area contributed by atoms with E-state index < -0.39 is 0 Å². The van der Waals surface area contributed by atoms with E-state index in [-0.39, 0.29) is 16.8 Å². The van der Waals surface area contributed by atoms with Gasteiger partial charge in [-0.2, -0.15) is 5.10 Å². The minimum absolute atomic E-state index is 0.151. The van der Waals surface area contributed by atoms with E-state index in [0.717, 1.165) is 5.69 Å². The Kier molecular flexibility index (Phi) is 3.80. The van der Waals surface area contributed by atoms with Crippen LogP contribution in [0, 0.1) is 5.82 Å². The Morgan fingerprint density at radius 2 is 2.21 bits per heavy atom. The third-order valence-electron chi connectivity index (χ3n) is 2.66. The lowest BCUT2D eigenvalue weighted by Gasteiger charge is -2.09. The van der Waals surface area contributed by atoms with Gasteiger partial charge in [0.1, 0.15) is 10.8 Å². The van der Waals surface area contributed by atoms with E-state index >= 15 is 0 Å². The van der Waals surface area contributed by atoms with Gasteiger partial charge in [0.15, 0.2) is 0 Å². The van der Waals surface area contributed by atoms with E-state index in [1.807, 2.05) is 24.7 Å². The molecule has 6 heteroatoms. The molecule has 0 saturated heterocycles. The van der Waals surface area contributed by atoms with Crippen LogP contribution in [0.3, 0.4) is 0 Å². The molecule has 2 rings (SSSR count). The van der Waals surface area contributed by atoms with Crippen molar-refractivity contribution < 1.29 is 4.39 Å². The highest BCUT2D eigenvalue weighted by Crippen LogP contribution is 2.22. The maximum absolute atomic E-state index is 13.2. The molecule has 1 aromatic heterocycles. The van der Waals surface area contributed by atoms with Crippen LogP contribution in [-0.2, 0) is 0 Å². The number of hydrogen-bond donors (Lipinski definition) is 2. The molecule has 0 saturated carbocycles. The summed E-state index contributed by atoms with van der Waals surface area (Å²) in [5.74, 6) is -0.369. The first-order chi connectivity index (χ1) is 8.97. The van der Waals surface area contributed by atoms with Crippen LogP contribution >= 0.6 is 12.2 Å². The lowest BCUT2D eigenvalue weighted by atomic mass is 10.1. The number of benzene rings is 1. The monoisotopic (exact) mass is 278 g/mol. The van der Waals surface area contributed by atoms with Gasteiger partial charge in [-0.05, 0) is 32.0 Å². The van der Waals surface area contributed by atoms with Crippen molar-refractivity contribution in [1.29, 1.82) is 0 Å². The van der Waals surface area contributed by atoms with Crippen LogP contribution in [0.25, 0.3) is 0 Å². The largest absolute Gasteiger partial charge is 0.389 e. The predicted molar refractivity (Wildman–Crippen MR) is 78.2 cm³/mol. The van der Waals surface area contributed by atoms with Gasteiger partial charge in [0.2, 0.25) is 0 Å². The van der Waals surface area contributed by atoms with Crippen molar-refractivity contribution in [2.75, 3.05) is 5.32 Å². The first-order valence-electron chi connectivity index (χ1n) is 5.88. The van der Waals surface area contributed by atoms with Crippen molar-refractivity contribution >= 4 is 28.6 Å². The van der Waals surface area contributed by atoms with Crippen molar-refractivity contribution in [3.63, 3.8) is 0 Å². The Bertz CT molecular complexity index is 606. The summed E-state index contributed by atoms with van der Waals surface area (Å²) < 4.78 is 15.0. The first-order valence-corrected chi connectivity index (χ1v) is 6.28. The molecule has 4 nitrogen and oxygen atoms in total. The number of nitrogens with one attached hydrogen (secondary N) is 1. The summed E-state index contributed by atoms with van der Waals surface area (Å²) in [4.78, 5) is 0.151. The average molecular weight is 278 g/mol. The zero-order valence-electron chi connectivity index (χ0n) is 10.7. The van der Waals surface area contributed by atoms with Gasteiger partial charge in [-0.1, -0.05) is 12.2 Å². The minimum Gasteiger partial charge on any atom is -0.389 e. The van der Waals surface area contributed by atoms with E-state index in [4.69, 9.17) is 18.0 Å². The molecule has 1 heterocycles. The van der Waals surface area contributed by atoms with E-state index in [1.165, 1.54) is 12.1 Å². The number of thiocarbonyl (C=S) groups is 1. The highest BCUT2D eigenvalue weighted by atomic mass is 32.1. The smallest absolute Gasteiger partial charge is 0.124 e. The molecule has 0 bridgehead atoms. The number of anilines is 2. The van der Waals surface area contributed by atoms with Crippen LogP contribution in [0.4, 0.5) is 15.8 Å². The topological polar surface area (TPSA) is 55.9 Å². The van der Waals surface area contributed by atoms with Crippen LogP contribution in [0.1, 0.15) is 25.5 Å². The average Bonchev–Trinajstić information content (AvgIpc) is 2.80. The number of halogens is 1. The molecule has 19 heavy (non-hydrogen) atoms. The maximum Gasteiger partial charge on any atom is 0.124 e. The second kappa shape index (κ2) is 5.36. The standard InChI is InChI=1S/C13H15FN4S/c1-8(2)18-7-10(6-16-18)17-12-4-3-9(14)5-11(12)13(15)19/h3-8,17H,1-2H3,(H2,15,19). The molecule has 0 unspecified atom stereocenters. The Morgan fingerprint density at radius 1 is 1.47 bits per heavy atom. The van der Waals surface area contributed by atoms with Gasteiger partial charge < -0.3 is 11.1 Å². The summed E-state index contributed by atoms with van der Waals surface area (Å²) in [6, 6.07) is 4.56. The van der Waals surface area contributed by atoms with Gasteiger partial charge in [0, 0.05) is 23.5 Å². The third kappa shape index (κ3) is 3.08. The summed E-state index contributed by atoms with van der Waals surface area (Å²) in [6.07, 6.45) is 3.57. The van der Waals surface area contributed by atoms with E-state index in [1.54, 1.807) is 12.3 Å². The lowest BCUT2D eigenvalue weighted by molar-refractivity contribution is 0.532. The molecule has 0 atom stereocenters. The van der Waals surface area contributed by atoms with Crippen molar-refractivity contribution in [2.45, 2.75) is 19.9 Å². The molecule has 100 valence electrons. The number of hydrogen-bond acceptors (Lipinski definition) is 3. The van der Waals surface area contributed by atoms with Gasteiger partial charge in [0.25, 0.3) is 0 Å². The molecule has 0 radical (unpaired) electrons. The van der Waals surface area contributed by atoms with Crippen molar-refractivity contribution in [1.82, 2.24) is 9.78 Å². The van der Waals surface area contributed by atoms with Gasteiger partial charge in [-0.3, -0.25) is 4.68 Å². The fourth-order valence-corrected chi connectivity index (χ4v) is 1.84. The normalized spacial score (nSPS) is 10.7. The highest BCUT2D eigenvalue weighted by Gasteiger charge is 2.08. The Hall–Kier alpha value is -1.95. The molecule has 2 aromatic rings. The number of rotatable bonds is 4. The van der Waals surface area contributed by atoms with E-state index in [2.05, 4.69) is 10.4 Å². The zero-order valence-corrected chi connectivity index (χ0v) is 11.5. The van der Waals surface area contributed by atoms with Crippen molar-refractivity contribution in [2.24, 2.45) is 5.73 Å². The summed E-state index contributed by atoms with van der Waals surface area (Å²) in [6.45, 7) is 4.07. The summed E-state index contributed by atoms with van der Waals surface area (Å²) in [5, 5.41) is 7.36. The minimum atomic E-state index is -0.369. The molecule has 0 amide bonds. The lowest BCUT2D eigenvalue weighted by Crippen LogP contribution is -2.12. The molecule has 0 aliphatic rings. The maximum atomic E-state index is 13.2. The SMILES string of the molecule is CC(C)n1cc(Nc2ccc(F)cc2C(N)=S)cn1. The van der Waals surface area contributed by atoms with Crippen LogP contribution in [0.15, 0.2) is 30.6 Å².